The van der Waals surface area contributed by atoms with Crippen LogP contribution < -0.4 is 10.6 Å². The van der Waals surface area contributed by atoms with Crippen molar-refractivity contribution in [3.63, 3.8) is 0 Å². The molecule has 0 fully saturated rings. The first-order valence-electron chi connectivity index (χ1n) is 8.32. The number of phenols is 1. The Labute approximate surface area is 159 Å². The molecule has 1 aromatic carbocycles. The van der Waals surface area contributed by atoms with Crippen molar-refractivity contribution in [2.24, 2.45) is 0 Å². The van der Waals surface area contributed by atoms with E-state index in [2.05, 4.69) is 20.7 Å². The summed E-state index contributed by atoms with van der Waals surface area (Å²) in [6.45, 7) is 5.16. The number of rotatable bonds is 6. The highest BCUT2D eigenvalue weighted by molar-refractivity contribution is 7.17. The second kappa shape index (κ2) is 7.75. The fourth-order valence-corrected chi connectivity index (χ4v) is 3.30. The lowest BCUT2D eigenvalue weighted by molar-refractivity contribution is 0.103. The molecule has 0 saturated carbocycles. The molecule has 2 heterocycles. The molecule has 142 valence electrons. The standard InChI is InChI=1S/C18H20FN5O2S/c1-10-4-5-13(25)12(3)15(10)21-17(26)14-8-20-18(27-14)22-16-11(2)9-24(23-16)7-6-19/h4-5,8-9,25H,6-7H2,1-3H3,(H,21,26)(H,20,22,23). The van der Waals surface area contributed by atoms with E-state index >= 15 is 0 Å². The number of aryl methyl sites for hydroxylation is 3. The molecule has 0 radical (unpaired) electrons. The van der Waals surface area contributed by atoms with Crippen LogP contribution in [0.5, 0.6) is 5.75 Å². The first kappa shape index (κ1) is 18.8. The zero-order valence-corrected chi connectivity index (χ0v) is 16.0. The van der Waals surface area contributed by atoms with Crippen LogP contribution in [0.15, 0.2) is 24.5 Å². The summed E-state index contributed by atoms with van der Waals surface area (Å²) >= 11 is 1.18. The van der Waals surface area contributed by atoms with Crippen LogP contribution in [0.4, 0.5) is 21.0 Å². The third-order valence-corrected chi connectivity index (χ3v) is 5.01. The third kappa shape index (κ3) is 4.08. The molecule has 3 aromatic rings. The lowest BCUT2D eigenvalue weighted by Gasteiger charge is -2.11. The molecule has 0 bridgehead atoms. The van der Waals surface area contributed by atoms with Crippen LogP contribution in [0.2, 0.25) is 0 Å². The molecule has 1 amide bonds. The van der Waals surface area contributed by atoms with Crippen molar-refractivity contribution in [1.82, 2.24) is 14.8 Å². The lowest BCUT2D eigenvalue weighted by Crippen LogP contribution is -2.12. The van der Waals surface area contributed by atoms with Crippen LogP contribution in [-0.2, 0) is 6.54 Å². The van der Waals surface area contributed by atoms with E-state index in [4.69, 9.17) is 0 Å². The summed E-state index contributed by atoms with van der Waals surface area (Å²) in [5.41, 5.74) is 2.91. The Balaban J connectivity index is 1.74. The molecule has 7 nitrogen and oxygen atoms in total. The van der Waals surface area contributed by atoms with Gasteiger partial charge in [0.25, 0.3) is 5.91 Å². The first-order valence-corrected chi connectivity index (χ1v) is 9.14. The Hall–Kier alpha value is -2.94. The fraction of sp³-hybridized carbons (Fsp3) is 0.278. The zero-order valence-electron chi connectivity index (χ0n) is 15.2. The van der Waals surface area contributed by atoms with E-state index in [0.717, 1.165) is 11.1 Å². The second-order valence-electron chi connectivity index (χ2n) is 6.12. The number of anilines is 3. The minimum Gasteiger partial charge on any atom is -0.508 e. The van der Waals surface area contributed by atoms with Gasteiger partial charge in [0, 0.05) is 17.3 Å². The van der Waals surface area contributed by atoms with Gasteiger partial charge in [-0.05, 0) is 32.4 Å². The summed E-state index contributed by atoms with van der Waals surface area (Å²) in [7, 11) is 0. The van der Waals surface area contributed by atoms with Crippen LogP contribution in [0.1, 0.15) is 26.4 Å². The van der Waals surface area contributed by atoms with Crippen LogP contribution >= 0.6 is 11.3 Å². The molecule has 0 aliphatic rings. The summed E-state index contributed by atoms with van der Waals surface area (Å²) < 4.78 is 14.0. The van der Waals surface area contributed by atoms with Gasteiger partial charge in [0.2, 0.25) is 0 Å². The maximum absolute atomic E-state index is 12.5. The molecular formula is C18H20FN5O2S. The minimum absolute atomic E-state index is 0.127. The van der Waals surface area contributed by atoms with Gasteiger partial charge in [-0.1, -0.05) is 17.4 Å². The number of aromatic hydroxyl groups is 1. The van der Waals surface area contributed by atoms with Crippen molar-refractivity contribution >= 4 is 33.9 Å². The molecule has 0 spiro atoms. The van der Waals surface area contributed by atoms with Crippen molar-refractivity contribution in [2.45, 2.75) is 27.3 Å². The number of amides is 1. The monoisotopic (exact) mass is 389 g/mol. The zero-order chi connectivity index (χ0) is 19.6. The number of aromatic nitrogens is 3. The van der Waals surface area contributed by atoms with Gasteiger partial charge < -0.3 is 15.7 Å². The van der Waals surface area contributed by atoms with Crippen LogP contribution in [0.3, 0.4) is 0 Å². The summed E-state index contributed by atoms with van der Waals surface area (Å²) in [5.74, 6) is 0.392. The predicted octanol–water partition coefficient (Wildman–Crippen LogP) is 3.94. The van der Waals surface area contributed by atoms with Gasteiger partial charge in [0.05, 0.1) is 18.4 Å². The summed E-state index contributed by atoms with van der Waals surface area (Å²) in [6, 6.07) is 3.34. The van der Waals surface area contributed by atoms with Gasteiger partial charge in [0.15, 0.2) is 10.9 Å². The molecule has 0 aliphatic heterocycles. The van der Waals surface area contributed by atoms with Crippen molar-refractivity contribution in [2.75, 3.05) is 17.3 Å². The molecule has 0 saturated heterocycles. The van der Waals surface area contributed by atoms with E-state index in [1.165, 1.54) is 22.2 Å². The van der Waals surface area contributed by atoms with E-state index in [9.17, 15) is 14.3 Å². The maximum Gasteiger partial charge on any atom is 0.267 e. The maximum atomic E-state index is 12.5. The highest BCUT2D eigenvalue weighted by Gasteiger charge is 2.16. The highest BCUT2D eigenvalue weighted by atomic mass is 32.1. The molecule has 0 aliphatic carbocycles. The van der Waals surface area contributed by atoms with Crippen molar-refractivity contribution in [3.8, 4) is 5.75 Å². The van der Waals surface area contributed by atoms with Crippen molar-refractivity contribution in [1.29, 1.82) is 0 Å². The van der Waals surface area contributed by atoms with Crippen molar-refractivity contribution in [3.05, 3.63) is 46.1 Å². The van der Waals surface area contributed by atoms with Gasteiger partial charge in [-0.2, -0.15) is 5.10 Å². The largest absolute Gasteiger partial charge is 0.508 e. The van der Waals surface area contributed by atoms with E-state index in [1.54, 1.807) is 25.3 Å². The predicted molar refractivity (Wildman–Crippen MR) is 104 cm³/mol. The van der Waals surface area contributed by atoms with Gasteiger partial charge in [-0.3, -0.25) is 9.48 Å². The number of carbonyl (C=O) groups excluding carboxylic acids is 1. The molecule has 27 heavy (non-hydrogen) atoms. The molecule has 0 unspecified atom stereocenters. The average Bonchev–Trinajstić information content (AvgIpc) is 3.23. The van der Waals surface area contributed by atoms with Crippen LogP contribution in [0, 0.1) is 20.8 Å². The number of thiazole rings is 1. The molecule has 3 rings (SSSR count). The number of phenolic OH excluding ortho intramolecular Hbond substituents is 1. The number of nitrogens with zero attached hydrogens (tertiary/aromatic N) is 3. The number of carbonyl (C=O) groups is 1. The van der Waals surface area contributed by atoms with E-state index in [1.807, 2.05) is 13.8 Å². The Bertz CT molecular complexity index is 982. The topological polar surface area (TPSA) is 92.1 Å². The summed E-state index contributed by atoms with van der Waals surface area (Å²) in [6.07, 6.45) is 3.22. The summed E-state index contributed by atoms with van der Waals surface area (Å²) in [4.78, 5) is 17.2. The number of alkyl halides is 1. The van der Waals surface area contributed by atoms with Gasteiger partial charge >= 0.3 is 0 Å². The van der Waals surface area contributed by atoms with E-state index < -0.39 is 6.67 Å². The number of benzene rings is 1. The smallest absolute Gasteiger partial charge is 0.267 e. The lowest BCUT2D eigenvalue weighted by atomic mass is 10.1. The van der Waals surface area contributed by atoms with Gasteiger partial charge in [0.1, 0.15) is 17.3 Å². The van der Waals surface area contributed by atoms with Gasteiger partial charge in [-0.25, -0.2) is 9.37 Å². The molecular weight excluding hydrogens is 369 g/mol. The van der Waals surface area contributed by atoms with Crippen LogP contribution in [-0.4, -0.2) is 32.5 Å². The highest BCUT2D eigenvalue weighted by Crippen LogP contribution is 2.29. The molecule has 0 atom stereocenters. The normalized spacial score (nSPS) is 10.8. The first-order chi connectivity index (χ1) is 12.9. The quantitative estimate of drug-likeness (QED) is 0.594. The SMILES string of the molecule is Cc1cn(CCF)nc1Nc1ncc(C(=O)Nc2c(C)ccc(O)c2C)s1. The van der Waals surface area contributed by atoms with Crippen LogP contribution in [0.25, 0.3) is 0 Å². The van der Waals surface area contributed by atoms with E-state index in [-0.39, 0.29) is 18.2 Å². The number of nitrogens with one attached hydrogen (secondary N) is 2. The summed E-state index contributed by atoms with van der Waals surface area (Å²) in [5, 5.41) is 20.5. The van der Waals surface area contributed by atoms with Crippen molar-refractivity contribution < 1.29 is 14.3 Å². The minimum atomic E-state index is -0.490. The Morgan fingerprint density at radius 3 is 2.81 bits per heavy atom. The third-order valence-electron chi connectivity index (χ3n) is 4.10. The fourth-order valence-electron chi connectivity index (χ4n) is 2.59. The molecule has 3 N–H and O–H groups in total. The molecule has 2 aromatic heterocycles. The Morgan fingerprint density at radius 1 is 1.30 bits per heavy atom. The second-order valence-corrected chi connectivity index (χ2v) is 7.15. The Morgan fingerprint density at radius 2 is 2.07 bits per heavy atom. The van der Waals surface area contributed by atoms with E-state index in [0.29, 0.717) is 27.1 Å². The number of hydrogen-bond acceptors (Lipinski definition) is 6. The Kier molecular flexibility index (Phi) is 5.41. The van der Waals surface area contributed by atoms with Gasteiger partial charge in [-0.15, -0.1) is 0 Å². The average molecular weight is 389 g/mol. The number of halogens is 1. The molecule has 9 heteroatoms. The number of hydrogen-bond donors (Lipinski definition) is 3.